The van der Waals surface area contributed by atoms with Crippen molar-refractivity contribution in [3.63, 3.8) is 0 Å². The van der Waals surface area contributed by atoms with Crippen molar-refractivity contribution in [3.05, 3.63) is 149 Å². The number of nitriles is 1. The molecule has 0 amide bonds. The van der Waals surface area contributed by atoms with Crippen LogP contribution in [0.5, 0.6) is 5.75 Å². The average Bonchev–Trinajstić information content (AvgIpc) is 3.37. The largest absolute Gasteiger partial charge is 0.472 e. The molecule has 0 saturated carbocycles. The summed E-state index contributed by atoms with van der Waals surface area (Å²) in [5.41, 5.74) is 8.87. The Hall–Kier alpha value is -5.37. The maximum atomic E-state index is 9.76. The fourth-order valence-electron chi connectivity index (χ4n) is 8.14. The summed E-state index contributed by atoms with van der Waals surface area (Å²) in [7, 11) is 0. The van der Waals surface area contributed by atoms with Crippen LogP contribution < -0.4 is 9.64 Å². The van der Waals surface area contributed by atoms with Crippen molar-refractivity contribution < 1.29 is 9.47 Å². The van der Waals surface area contributed by atoms with Gasteiger partial charge in [0.2, 0.25) is 0 Å². The lowest BCUT2D eigenvalue weighted by atomic mass is 9.76. The summed E-state index contributed by atoms with van der Waals surface area (Å²) in [4.78, 5) is 2.39. The molecule has 1 fully saturated rings. The molecule has 0 aromatic heterocycles. The highest BCUT2D eigenvalue weighted by molar-refractivity contribution is 6.08. The third-order valence-electron chi connectivity index (χ3n) is 10.5. The Morgan fingerprint density at radius 2 is 1.47 bits per heavy atom. The van der Waals surface area contributed by atoms with E-state index < -0.39 is 5.60 Å². The third-order valence-corrected chi connectivity index (χ3v) is 10.5. The molecule has 228 valence electrons. The zero-order chi connectivity index (χ0) is 31.8. The lowest BCUT2D eigenvalue weighted by Crippen LogP contribution is -2.37. The zero-order valence-electron chi connectivity index (χ0n) is 26.6. The Morgan fingerprint density at radius 3 is 2.26 bits per heavy atom. The lowest BCUT2D eigenvalue weighted by molar-refractivity contribution is 0.122. The second-order valence-electron chi connectivity index (χ2n) is 13.4. The van der Waals surface area contributed by atoms with E-state index in [4.69, 9.17) is 9.47 Å². The first-order valence-corrected chi connectivity index (χ1v) is 16.4. The van der Waals surface area contributed by atoms with Gasteiger partial charge in [-0.25, -0.2) is 0 Å². The van der Waals surface area contributed by atoms with E-state index in [-0.39, 0.29) is 5.41 Å². The SMILES string of the molecule is CC1(C)c2cc(C#N)ccc2-c2c1c1c(c3ccccc23)OC(c2ccc(N3CCOCC3)cc2)(c2ccc3ccccc3c2)C=C1. The monoisotopic (exact) mass is 610 g/mol. The number of nitrogens with zero attached hydrogens (tertiary/aromatic N) is 2. The maximum Gasteiger partial charge on any atom is 0.178 e. The molecule has 4 nitrogen and oxygen atoms in total. The number of hydrogen-bond acceptors (Lipinski definition) is 4. The van der Waals surface area contributed by atoms with Crippen molar-refractivity contribution in [2.45, 2.75) is 24.9 Å². The summed E-state index contributed by atoms with van der Waals surface area (Å²) >= 11 is 0. The number of ether oxygens (including phenoxy) is 2. The van der Waals surface area contributed by atoms with E-state index in [1.807, 2.05) is 6.07 Å². The molecule has 4 heteroatoms. The van der Waals surface area contributed by atoms with E-state index in [0.717, 1.165) is 54.1 Å². The molecule has 6 aromatic rings. The van der Waals surface area contributed by atoms with Gasteiger partial charge in [-0.2, -0.15) is 5.26 Å². The van der Waals surface area contributed by atoms with Crippen molar-refractivity contribution in [2.24, 2.45) is 0 Å². The van der Waals surface area contributed by atoms with Crippen molar-refractivity contribution in [1.82, 2.24) is 0 Å². The minimum absolute atomic E-state index is 0.317. The van der Waals surface area contributed by atoms with Gasteiger partial charge in [0.05, 0.1) is 24.8 Å². The normalized spacial score (nSPS) is 19.1. The molecule has 1 aliphatic carbocycles. The molecular formula is C43H34N2O2. The Labute approximate surface area is 275 Å². The molecule has 2 heterocycles. The molecule has 1 saturated heterocycles. The quantitative estimate of drug-likeness (QED) is 0.200. The molecule has 0 radical (unpaired) electrons. The van der Waals surface area contributed by atoms with Crippen LogP contribution in [0.25, 0.3) is 38.7 Å². The predicted octanol–water partition coefficient (Wildman–Crippen LogP) is 9.36. The highest BCUT2D eigenvalue weighted by atomic mass is 16.5. The average molecular weight is 611 g/mol. The van der Waals surface area contributed by atoms with Gasteiger partial charge in [0.1, 0.15) is 5.75 Å². The molecule has 1 atom stereocenters. The zero-order valence-corrected chi connectivity index (χ0v) is 26.6. The Morgan fingerprint density at radius 1 is 0.745 bits per heavy atom. The second kappa shape index (κ2) is 10.3. The van der Waals surface area contributed by atoms with Crippen LogP contribution in [-0.4, -0.2) is 26.3 Å². The second-order valence-corrected chi connectivity index (χ2v) is 13.4. The fourth-order valence-corrected chi connectivity index (χ4v) is 8.14. The summed E-state index contributed by atoms with van der Waals surface area (Å²) in [6, 6.07) is 41.2. The van der Waals surface area contributed by atoms with Crippen molar-refractivity contribution in [3.8, 4) is 22.9 Å². The Bertz CT molecular complexity index is 2300. The number of rotatable bonds is 3. The van der Waals surface area contributed by atoms with Crippen LogP contribution in [-0.2, 0) is 15.8 Å². The van der Waals surface area contributed by atoms with Gasteiger partial charge in [0.15, 0.2) is 5.60 Å². The summed E-state index contributed by atoms with van der Waals surface area (Å²) in [5.74, 6) is 0.897. The number of morpholine rings is 1. The van der Waals surface area contributed by atoms with Crippen LogP contribution in [0.1, 0.15) is 47.2 Å². The van der Waals surface area contributed by atoms with E-state index in [1.54, 1.807) is 0 Å². The predicted molar refractivity (Wildman–Crippen MR) is 190 cm³/mol. The van der Waals surface area contributed by atoms with Crippen LogP contribution in [0.2, 0.25) is 0 Å². The number of benzene rings is 6. The van der Waals surface area contributed by atoms with Gasteiger partial charge in [0.25, 0.3) is 0 Å². The maximum absolute atomic E-state index is 9.76. The molecule has 3 aliphatic rings. The highest BCUT2D eigenvalue weighted by Gasteiger charge is 2.44. The highest BCUT2D eigenvalue weighted by Crippen LogP contribution is 2.58. The first-order valence-electron chi connectivity index (χ1n) is 16.4. The van der Waals surface area contributed by atoms with Gasteiger partial charge in [0, 0.05) is 46.3 Å². The van der Waals surface area contributed by atoms with Crippen LogP contribution in [0.3, 0.4) is 0 Å². The summed E-state index contributed by atoms with van der Waals surface area (Å²) in [6.45, 7) is 7.84. The summed E-state index contributed by atoms with van der Waals surface area (Å²) < 4.78 is 13.1. The molecule has 0 N–H and O–H groups in total. The van der Waals surface area contributed by atoms with Gasteiger partial charge in [-0.3, -0.25) is 0 Å². The van der Waals surface area contributed by atoms with Crippen LogP contribution in [0, 0.1) is 11.3 Å². The molecule has 0 bridgehead atoms. The van der Waals surface area contributed by atoms with E-state index in [2.05, 4.69) is 140 Å². The van der Waals surface area contributed by atoms with E-state index in [1.165, 1.54) is 44.1 Å². The van der Waals surface area contributed by atoms with Gasteiger partial charge in [-0.05, 0) is 74.8 Å². The van der Waals surface area contributed by atoms with Crippen LogP contribution >= 0.6 is 0 Å². The lowest BCUT2D eigenvalue weighted by Gasteiger charge is -2.39. The number of hydrogen-bond donors (Lipinski definition) is 0. The number of fused-ring (bicyclic) bond motifs is 9. The molecule has 1 unspecified atom stereocenters. The molecule has 2 aliphatic heterocycles. The minimum atomic E-state index is -0.846. The molecule has 6 aromatic carbocycles. The van der Waals surface area contributed by atoms with E-state index >= 15 is 0 Å². The van der Waals surface area contributed by atoms with Gasteiger partial charge >= 0.3 is 0 Å². The van der Waals surface area contributed by atoms with Crippen LogP contribution in [0.4, 0.5) is 5.69 Å². The van der Waals surface area contributed by atoms with Gasteiger partial charge in [-0.15, -0.1) is 0 Å². The fraction of sp³-hybridized carbons (Fsp3) is 0.186. The van der Waals surface area contributed by atoms with Crippen molar-refractivity contribution in [2.75, 3.05) is 31.2 Å². The third kappa shape index (κ3) is 4.10. The first kappa shape index (κ1) is 27.9. The standard InChI is InChI=1S/C43H34N2O2/c1-42(2)38-25-28(27-44)11-18-36(38)39-34-9-5-6-10-35(34)41-37(40(39)42)19-20-43(47-41,32-13-12-29-7-3-4-8-30(29)26-32)31-14-16-33(17-15-31)45-21-23-46-24-22-45/h3-20,25-26H,21-24H2,1-2H3. The van der Waals surface area contributed by atoms with Crippen molar-refractivity contribution >= 4 is 33.3 Å². The first-order chi connectivity index (χ1) is 23.0. The summed E-state index contributed by atoms with van der Waals surface area (Å²) in [6.07, 6.45) is 4.56. The Balaban J connectivity index is 1.28. The molecule has 47 heavy (non-hydrogen) atoms. The van der Waals surface area contributed by atoms with E-state index in [9.17, 15) is 5.26 Å². The van der Waals surface area contributed by atoms with Gasteiger partial charge in [-0.1, -0.05) is 98.8 Å². The van der Waals surface area contributed by atoms with E-state index in [0.29, 0.717) is 5.56 Å². The number of anilines is 1. The molecule has 0 spiro atoms. The Kier molecular flexibility index (Phi) is 6.13. The van der Waals surface area contributed by atoms with Crippen molar-refractivity contribution in [1.29, 1.82) is 5.26 Å². The topological polar surface area (TPSA) is 45.5 Å². The summed E-state index contributed by atoms with van der Waals surface area (Å²) in [5, 5.41) is 14.4. The molecule has 9 rings (SSSR count). The molecular weight excluding hydrogens is 576 g/mol. The van der Waals surface area contributed by atoms with Crippen LogP contribution in [0.15, 0.2) is 115 Å². The smallest absolute Gasteiger partial charge is 0.178 e. The minimum Gasteiger partial charge on any atom is -0.472 e. The van der Waals surface area contributed by atoms with Gasteiger partial charge < -0.3 is 14.4 Å².